The van der Waals surface area contributed by atoms with Gasteiger partial charge in [-0.25, -0.2) is 0 Å². The van der Waals surface area contributed by atoms with Crippen molar-refractivity contribution >= 4 is 0 Å². The molecule has 0 aliphatic carbocycles. The van der Waals surface area contributed by atoms with Crippen LogP contribution in [0.1, 0.15) is 63.3 Å². The Balaban J connectivity index is 2.57. The highest BCUT2D eigenvalue weighted by atomic mass is 16.3. The Kier molecular flexibility index (Phi) is 5.69. The summed E-state index contributed by atoms with van der Waals surface area (Å²) < 4.78 is 1.82. The Morgan fingerprint density at radius 3 is 2.59 bits per heavy atom. The van der Waals surface area contributed by atoms with Crippen LogP contribution >= 0.6 is 0 Å². The summed E-state index contributed by atoms with van der Waals surface area (Å²) in [5.74, 6) is 0.629. The van der Waals surface area contributed by atoms with Crippen molar-refractivity contribution < 1.29 is 5.11 Å². The molecule has 0 aliphatic heterocycles. The Morgan fingerprint density at radius 2 is 2.12 bits per heavy atom. The Labute approximate surface area is 105 Å². The first-order valence-corrected chi connectivity index (χ1v) is 6.76. The highest BCUT2D eigenvalue weighted by Gasteiger charge is 2.18. The number of nitrogens with zero attached hydrogens (tertiary/aromatic N) is 2. The van der Waals surface area contributed by atoms with Crippen molar-refractivity contribution in [2.24, 2.45) is 13.0 Å². The van der Waals surface area contributed by atoms with E-state index in [-0.39, 0.29) is 6.10 Å². The van der Waals surface area contributed by atoms with Crippen LogP contribution in [0.15, 0.2) is 6.20 Å². The van der Waals surface area contributed by atoms with E-state index in [4.69, 9.17) is 0 Å². The van der Waals surface area contributed by atoms with Gasteiger partial charge < -0.3 is 5.11 Å². The lowest BCUT2D eigenvalue weighted by Crippen LogP contribution is -2.08. The monoisotopic (exact) mass is 238 g/mol. The van der Waals surface area contributed by atoms with Crippen LogP contribution < -0.4 is 0 Å². The first-order valence-electron chi connectivity index (χ1n) is 6.76. The lowest BCUT2D eigenvalue weighted by molar-refractivity contribution is 0.138. The predicted octanol–water partition coefficient (Wildman–Crippen LogP) is 3.37. The van der Waals surface area contributed by atoms with Crippen LogP contribution in [-0.2, 0) is 7.05 Å². The van der Waals surface area contributed by atoms with Gasteiger partial charge in [-0.15, -0.1) is 0 Å². The molecule has 17 heavy (non-hydrogen) atoms. The van der Waals surface area contributed by atoms with E-state index in [0.29, 0.717) is 5.92 Å². The smallest absolute Gasteiger partial charge is 0.0825 e. The minimum absolute atomic E-state index is 0.356. The van der Waals surface area contributed by atoms with Gasteiger partial charge in [0.25, 0.3) is 0 Å². The molecule has 2 unspecified atom stereocenters. The second kappa shape index (κ2) is 6.80. The van der Waals surface area contributed by atoms with Crippen LogP contribution in [0.2, 0.25) is 0 Å². The van der Waals surface area contributed by atoms with E-state index in [2.05, 4.69) is 18.9 Å². The Bertz CT molecular complexity index is 333. The third-order valence-electron chi connectivity index (χ3n) is 3.73. The molecule has 0 amide bonds. The second-order valence-electron chi connectivity index (χ2n) is 4.98. The van der Waals surface area contributed by atoms with Crippen molar-refractivity contribution in [2.45, 2.75) is 59.0 Å². The van der Waals surface area contributed by atoms with Crippen molar-refractivity contribution in [3.63, 3.8) is 0 Å². The number of aliphatic hydroxyl groups excluding tert-OH is 1. The third-order valence-corrected chi connectivity index (χ3v) is 3.73. The summed E-state index contributed by atoms with van der Waals surface area (Å²) in [6, 6.07) is 0. The molecular formula is C14H26N2O. The molecular weight excluding hydrogens is 212 g/mol. The van der Waals surface area contributed by atoms with Gasteiger partial charge in [-0.3, -0.25) is 4.68 Å². The first-order chi connectivity index (χ1) is 8.10. The molecule has 1 rings (SSSR count). The topological polar surface area (TPSA) is 38.1 Å². The van der Waals surface area contributed by atoms with Crippen LogP contribution in [0.25, 0.3) is 0 Å². The van der Waals surface area contributed by atoms with Gasteiger partial charge in [-0.05, 0) is 19.3 Å². The zero-order valence-corrected chi connectivity index (χ0v) is 11.6. The molecule has 1 N–H and O–H groups in total. The molecule has 0 aromatic carbocycles. The summed E-state index contributed by atoms with van der Waals surface area (Å²) >= 11 is 0. The number of hydrogen-bond acceptors (Lipinski definition) is 2. The van der Waals surface area contributed by atoms with Gasteiger partial charge >= 0.3 is 0 Å². The van der Waals surface area contributed by atoms with Crippen molar-refractivity contribution in [3.8, 4) is 0 Å². The van der Waals surface area contributed by atoms with Crippen LogP contribution in [-0.4, -0.2) is 14.9 Å². The zero-order valence-electron chi connectivity index (χ0n) is 11.6. The zero-order chi connectivity index (χ0) is 12.8. The van der Waals surface area contributed by atoms with E-state index in [1.165, 1.54) is 19.3 Å². The van der Waals surface area contributed by atoms with Gasteiger partial charge in [0.1, 0.15) is 0 Å². The van der Waals surface area contributed by atoms with Gasteiger partial charge in [0, 0.05) is 18.3 Å². The number of aliphatic hydroxyl groups is 1. The normalized spacial score (nSPS) is 14.9. The van der Waals surface area contributed by atoms with E-state index >= 15 is 0 Å². The molecule has 2 atom stereocenters. The molecule has 0 saturated heterocycles. The van der Waals surface area contributed by atoms with E-state index in [1.807, 2.05) is 18.7 Å². The van der Waals surface area contributed by atoms with Gasteiger partial charge in [0.05, 0.1) is 12.3 Å². The predicted molar refractivity (Wildman–Crippen MR) is 70.8 cm³/mol. The fourth-order valence-corrected chi connectivity index (χ4v) is 2.27. The summed E-state index contributed by atoms with van der Waals surface area (Å²) in [5.41, 5.74) is 2.06. The molecule has 0 radical (unpaired) electrons. The van der Waals surface area contributed by atoms with Crippen molar-refractivity contribution in [1.29, 1.82) is 0 Å². The molecule has 3 nitrogen and oxygen atoms in total. The molecule has 98 valence electrons. The van der Waals surface area contributed by atoms with Gasteiger partial charge in [-0.2, -0.15) is 5.10 Å². The van der Waals surface area contributed by atoms with Crippen LogP contribution in [0, 0.1) is 12.8 Å². The highest BCUT2D eigenvalue weighted by Crippen LogP contribution is 2.27. The Morgan fingerprint density at radius 1 is 1.41 bits per heavy atom. The SMILES string of the molecule is CCCCC(CC)CC(O)c1cnn(C)c1C. The number of unbranched alkanes of at least 4 members (excludes halogenated alkanes) is 1. The lowest BCUT2D eigenvalue weighted by Gasteiger charge is -2.18. The molecule has 0 fully saturated rings. The first kappa shape index (κ1) is 14.2. The Hall–Kier alpha value is -0.830. The summed E-state index contributed by atoms with van der Waals surface area (Å²) in [5, 5.41) is 14.5. The summed E-state index contributed by atoms with van der Waals surface area (Å²) in [7, 11) is 1.92. The fraction of sp³-hybridized carbons (Fsp3) is 0.786. The second-order valence-corrected chi connectivity index (χ2v) is 4.98. The number of rotatable bonds is 7. The van der Waals surface area contributed by atoms with Crippen LogP contribution in [0.4, 0.5) is 0 Å². The quantitative estimate of drug-likeness (QED) is 0.791. The molecule has 0 saturated carbocycles. The van der Waals surface area contributed by atoms with Crippen molar-refractivity contribution in [2.75, 3.05) is 0 Å². The van der Waals surface area contributed by atoms with E-state index in [9.17, 15) is 5.11 Å². The number of aromatic nitrogens is 2. The van der Waals surface area contributed by atoms with E-state index in [1.54, 1.807) is 6.20 Å². The van der Waals surface area contributed by atoms with Gasteiger partial charge in [0.2, 0.25) is 0 Å². The van der Waals surface area contributed by atoms with E-state index in [0.717, 1.165) is 24.1 Å². The number of hydrogen-bond donors (Lipinski definition) is 1. The summed E-state index contributed by atoms with van der Waals surface area (Å²) in [6.45, 7) is 6.44. The minimum Gasteiger partial charge on any atom is -0.388 e. The fourth-order valence-electron chi connectivity index (χ4n) is 2.27. The number of aryl methyl sites for hydroxylation is 1. The molecule has 1 aromatic rings. The third kappa shape index (κ3) is 3.84. The maximum atomic E-state index is 10.3. The summed E-state index contributed by atoms with van der Waals surface area (Å²) in [6.07, 6.45) is 7.18. The average molecular weight is 238 g/mol. The maximum absolute atomic E-state index is 10.3. The maximum Gasteiger partial charge on any atom is 0.0825 e. The van der Waals surface area contributed by atoms with Gasteiger partial charge in [-0.1, -0.05) is 39.5 Å². The van der Waals surface area contributed by atoms with Gasteiger partial charge in [0.15, 0.2) is 0 Å². The van der Waals surface area contributed by atoms with Crippen molar-refractivity contribution in [1.82, 2.24) is 9.78 Å². The minimum atomic E-state index is -0.356. The largest absolute Gasteiger partial charge is 0.388 e. The lowest BCUT2D eigenvalue weighted by atomic mass is 9.91. The molecule has 0 bridgehead atoms. The van der Waals surface area contributed by atoms with E-state index < -0.39 is 0 Å². The molecule has 1 aromatic heterocycles. The van der Waals surface area contributed by atoms with Crippen LogP contribution in [0.3, 0.4) is 0 Å². The molecule has 0 aliphatic rings. The molecule has 0 spiro atoms. The summed E-state index contributed by atoms with van der Waals surface area (Å²) in [4.78, 5) is 0. The molecule has 1 heterocycles. The average Bonchev–Trinajstić information content (AvgIpc) is 2.65. The molecule has 3 heteroatoms. The van der Waals surface area contributed by atoms with Crippen LogP contribution in [0.5, 0.6) is 0 Å². The van der Waals surface area contributed by atoms with Crippen molar-refractivity contribution in [3.05, 3.63) is 17.5 Å². The standard InChI is InChI=1S/C14H26N2O/c1-5-7-8-12(6-2)9-14(17)13-10-15-16(4)11(13)3/h10,12,14,17H,5-9H2,1-4H3. The highest BCUT2D eigenvalue weighted by molar-refractivity contribution is 5.18.